The van der Waals surface area contributed by atoms with Crippen molar-refractivity contribution in [3.8, 4) is 0 Å². The van der Waals surface area contributed by atoms with E-state index in [4.69, 9.17) is 4.42 Å². The number of amides is 2. The third-order valence-corrected chi connectivity index (χ3v) is 5.98. The molecule has 190 valence electrons. The van der Waals surface area contributed by atoms with E-state index in [0.29, 0.717) is 17.7 Å². The molecule has 2 aromatic heterocycles. The highest BCUT2D eigenvalue weighted by atomic mass is 19.1. The summed E-state index contributed by atoms with van der Waals surface area (Å²) in [5.74, 6) is -1.26. The van der Waals surface area contributed by atoms with Crippen molar-refractivity contribution in [3.05, 3.63) is 114 Å². The number of halogens is 1. The number of carbonyl (C=O) groups excluding carboxylic acids is 2. The number of rotatable bonds is 8. The molecule has 4 rings (SSSR count). The standard InChI is InChI=1S/C29H29FN4O3/c1-29(2,3)22-9-11-24(12-10-22)34(28(36)25-18-32-19-37-25)26(21-7-5-14-31-17-21)27(35)33-15-13-20-6-4-8-23(30)16-20/h4-12,14,16-19,26H,13,15H2,1-3H3,(H,33,35). The van der Waals surface area contributed by atoms with Crippen LogP contribution in [0.15, 0.2) is 90.1 Å². The van der Waals surface area contributed by atoms with Crippen LogP contribution in [0, 0.1) is 5.82 Å². The Kier molecular flexibility index (Phi) is 7.77. The predicted octanol–water partition coefficient (Wildman–Crippen LogP) is 5.25. The minimum Gasteiger partial charge on any atom is -0.438 e. The van der Waals surface area contributed by atoms with Gasteiger partial charge in [-0.25, -0.2) is 9.37 Å². The Balaban J connectivity index is 1.69. The Morgan fingerprint density at radius 1 is 1.03 bits per heavy atom. The number of hydrogen-bond donors (Lipinski definition) is 1. The molecule has 0 aliphatic carbocycles. The van der Waals surface area contributed by atoms with Gasteiger partial charge in [-0.1, -0.05) is 51.1 Å². The molecule has 0 saturated carbocycles. The van der Waals surface area contributed by atoms with Crippen LogP contribution in [-0.2, 0) is 16.6 Å². The summed E-state index contributed by atoms with van der Waals surface area (Å²) in [6, 6.07) is 16.2. The first-order chi connectivity index (χ1) is 17.7. The van der Waals surface area contributed by atoms with Crippen LogP contribution in [0.25, 0.3) is 0 Å². The van der Waals surface area contributed by atoms with E-state index >= 15 is 0 Å². The van der Waals surface area contributed by atoms with E-state index in [1.165, 1.54) is 29.6 Å². The maximum atomic E-state index is 13.7. The van der Waals surface area contributed by atoms with Crippen LogP contribution in [0.4, 0.5) is 10.1 Å². The van der Waals surface area contributed by atoms with Gasteiger partial charge in [0.25, 0.3) is 5.91 Å². The summed E-state index contributed by atoms with van der Waals surface area (Å²) in [6.07, 6.45) is 6.08. The van der Waals surface area contributed by atoms with Gasteiger partial charge < -0.3 is 9.73 Å². The fourth-order valence-corrected chi connectivity index (χ4v) is 4.02. The van der Waals surface area contributed by atoms with Crippen molar-refractivity contribution in [2.45, 2.75) is 38.6 Å². The van der Waals surface area contributed by atoms with Crippen LogP contribution in [0.5, 0.6) is 0 Å². The summed E-state index contributed by atoms with van der Waals surface area (Å²) < 4.78 is 18.9. The fraction of sp³-hybridized carbons (Fsp3) is 0.241. The summed E-state index contributed by atoms with van der Waals surface area (Å²) in [4.78, 5) is 36.8. The highest BCUT2D eigenvalue weighted by molar-refractivity contribution is 6.08. The Labute approximate surface area is 215 Å². The number of nitrogens with one attached hydrogen (secondary N) is 1. The maximum Gasteiger partial charge on any atom is 0.296 e. The zero-order valence-corrected chi connectivity index (χ0v) is 21.0. The lowest BCUT2D eigenvalue weighted by Gasteiger charge is -2.31. The number of benzene rings is 2. The zero-order chi connectivity index (χ0) is 26.4. The van der Waals surface area contributed by atoms with Crippen LogP contribution in [0.1, 0.15) is 54.1 Å². The van der Waals surface area contributed by atoms with Gasteiger partial charge in [0.05, 0.1) is 6.20 Å². The number of carbonyl (C=O) groups is 2. The molecular formula is C29H29FN4O3. The Morgan fingerprint density at radius 2 is 1.81 bits per heavy atom. The second-order valence-electron chi connectivity index (χ2n) is 9.70. The summed E-state index contributed by atoms with van der Waals surface area (Å²) in [6.45, 7) is 6.56. The molecule has 2 aromatic carbocycles. The van der Waals surface area contributed by atoms with Crippen LogP contribution in [0.3, 0.4) is 0 Å². The zero-order valence-electron chi connectivity index (χ0n) is 21.0. The van der Waals surface area contributed by atoms with Crippen LogP contribution in [-0.4, -0.2) is 28.3 Å². The number of oxazole rings is 1. The molecule has 1 unspecified atom stereocenters. The highest BCUT2D eigenvalue weighted by Gasteiger charge is 2.35. The summed E-state index contributed by atoms with van der Waals surface area (Å²) in [5.41, 5.74) is 2.79. The fourth-order valence-electron chi connectivity index (χ4n) is 4.02. The summed E-state index contributed by atoms with van der Waals surface area (Å²) >= 11 is 0. The van der Waals surface area contributed by atoms with E-state index < -0.39 is 17.9 Å². The highest BCUT2D eigenvalue weighted by Crippen LogP contribution is 2.32. The molecule has 0 saturated heterocycles. The number of nitrogens with zero attached hydrogens (tertiary/aromatic N) is 3. The molecule has 2 amide bonds. The Morgan fingerprint density at radius 3 is 2.43 bits per heavy atom. The first-order valence-corrected chi connectivity index (χ1v) is 12.0. The minimum absolute atomic E-state index is 0.00125. The number of hydrogen-bond acceptors (Lipinski definition) is 5. The molecular weight excluding hydrogens is 471 g/mol. The molecule has 0 bridgehead atoms. The average molecular weight is 501 g/mol. The van der Waals surface area contributed by atoms with Gasteiger partial charge in [0.2, 0.25) is 11.7 Å². The van der Waals surface area contributed by atoms with Crippen molar-refractivity contribution in [2.24, 2.45) is 0 Å². The van der Waals surface area contributed by atoms with Crippen LogP contribution >= 0.6 is 0 Å². The molecule has 0 radical (unpaired) electrons. The first-order valence-electron chi connectivity index (χ1n) is 12.0. The van der Waals surface area contributed by atoms with Gasteiger partial charge in [-0.05, 0) is 53.3 Å². The third-order valence-electron chi connectivity index (χ3n) is 5.98. The van der Waals surface area contributed by atoms with E-state index in [-0.39, 0.29) is 23.5 Å². The van der Waals surface area contributed by atoms with Gasteiger partial charge in [0.1, 0.15) is 11.9 Å². The van der Waals surface area contributed by atoms with E-state index in [1.807, 2.05) is 24.3 Å². The number of pyridine rings is 1. The normalized spacial score (nSPS) is 12.1. The van der Waals surface area contributed by atoms with Crippen LogP contribution < -0.4 is 10.2 Å². The van der Waals surface area contributed by atoms with E-state index in [1.54, 1.807) is 36.7 Å². The smallest absolute Gasteiger partial charge is 0.296 e. The molecule has 0 aliphatic rings. The van der Waals surface area contributed by atoms with Crippen LogP contribution in [0.2, 0.25) is 0 Å². The maximum absolute atomic E-state index is 13.7. The first kappa shape index (κ1) is 25.8. The molecule has 37 heavy (non-hydrogen) atoms. The molecule has 7 nitrogen and oxygen atoms in total. The van der Waals surface area contributed by atoms with E-state index in [9.17, 15) is 14.0 Å². The minimum atomic E-state index is -1.04. The van der Waals surface area contributed by atoms with Gasteiger partial charge in [0, 0.05) is 30.2 Å². The molecule has 1 N–H and O–H groups in total. The lowest BCUT2D eigenvalue weighted by Crippen LogP contribution is -2.44. The van der Waals surface area contributed by atoms with Gasteiger partial charge in [0.15, 0.2) is 6.39 Å². The monoisotopic (exact) mass is 500 g/mol. The van der Waals surface area contributed by atoms with Gasteiger partial charge >= 0.3 is 0 Å². The Hall–Kier alpha value is -4.33. The lowest BCUT2D eigenvalue weighted by atomic mass is 9.87. The quantitative estimate of drug-likeness (QED) is 0.357. The molecule has 0 fully saturated rings. The molecule has 0 spiro atoms. The molecule has 1 atom stereocenters. The van der Waals surface area contributed by atoms with Crippen molar-refractivity contribution >= 4 is 17.5 Å². The summed E-state index contributed by atoms with van der Waals surface area (Å²) in [5, 5.41) is 2.91. The van der Waals surface area contributed by atoms with Crippen molar-refractivity contribution in [2.75, 3.05) is 11.4 Å². The van der Waals surface area contributed by atoms with Crippen molar-refractivity contribution < 1.29 is 18.4 Å². The van der Waals surface area contributed by atoms with Gasteiger partial charge in [-0.15, -0.1) is 0 Å². The predicted molar refractivity (Wildman–Crippen MR) is 139 cm³/mol. The molecule has 2 heterocycles. The number of aromatic nitrogens is 2. The Bertz CT molecular complexity index is 1330. The van der Waals surface area contributed by atoms with E-state index in [0.717, 1.165) is 11.1 Å². The van der Waals surface area contributed by atoms with E-state index in [2.05, 4.69) is 36.1 Å². The molecule has 8 heteroatoms. The average Bonchev–Trinajstić information content (AvgIpc) is 3.42. The summed E-state index contributed by atoms with van der Waals surface area (Å²) in [7, 11) is 0. The molecule has 0 aliphatic heterocycles. The van der Waals surface area contributed by atoms with Gasteiger partial charge in [-0.2, -0.15) is 0 Å². The van der Waals surface area contributed by atoms with Crippen molar-refractivity contribution in [1.29, 1.82) is 0 Å². The van der Waals surface area contributed by atoms with Crippen molar-refractivity contribution in [1.82, 2.24) is 15.3 Å². The SMILES string of the molecule is CC(C)(C)c1ccc(N(C(=O)c2cnco2)C(C(=O)NCCc2cccc(F)c2)c2cccnc2)cc1. The largest absolute Gasteiger partial charge is 0.438 e. The third kappa shape index (κ3) is 6.27. The topological polar surface area (TPSA) is 88.3 Å². The second-order valence-corrected chi connectivity index (χ2v) is 9.70. The number of anilines is 1. The molecule has 4 aromatic rings. The second kappa shape index (κ2) is 11.2. The van der Waals surface area contributed by atoms with Crippen molar-refractivity contribution in [3.63, 3.8) is 0 Å². The van der Waals surface area contributed by atoms with Gasteiger partial charge in [-0.3, -0.25) is 19.5 Å². The lowest BCUT2D eigenvalue weighted by molar-refractivity contribution is -0.122.